The maximum Gasteiger partial charge on any atom is 0.339 e. The predicted molar refractivity (Wildman–Crippen MR) is 77.3 cm³/mol. The third-order valence-electron chi connectivity index (χ3n) is 2.76. The number of hydrogen-bond donors (Lipinski definition) is 1. The Morgan fingerprint density at radius 3 is 2.22 bits per heavy atom. The van der Waals surface area contributed by atoms with E-state index in [0.717, 1.165) is 0 Å². The number of esters is 3. The molecule has 0 aliphatic carbocycles. The summed E-state index contributed by atoms with van der Waals surface area (Å²) < 4.78 is 19.1. The Kier molecular flexibility index (Phi) is 7.72. The van der Waals surface area contributed by atoms with Gasteiger partial charge in [-0.15, -0.1) is 0 Å². The fourth-order valence-corrected chi connectivity index (χ4v) is 1.68. The Labute approximate surface area is 132 Å². The fraction of sp³-hybridized carbons (Fsp3) is 0.400. The quantitative estimate of drug-likeness (QED) is 0.416. The van der Waals surface area contributed by atoms with E-state index in [0.29, 0.717) is 0 Å². The molecule has 0 saturated carbocycles. The van der Waals surface area contributed by atoms with Crippen molar-refractivity contribution in [1.82, 2.24) is 0 Å². The Bertz CT molecular complexity index is 567. The molecule has 0 aliphatic rings. The summed E-state index contributed by atoms with van der Waals surface area (Å²) in [5, 5.41) is 8.56. The molecule has 1 aromatic carbocycles. The Morgan fingerprint density at radius 1 is 0.913 bits per heavy atom. The lowest BCUT2D eigenvalue weighted by atomic mass is 10.0. The highest BCUT2D eigenvalue weighted by Crippen LogP contribution is 2.16. The molecule has 8 heteroatoms. The van der Waals surface area contributed by atoms with Crippen molar-refractivity contribution in [2.45, 2.75) is 0 Å². The highest BCUT2D eigenvalue weighted by Gasteiger charge is 2.21. The van der Waals surface area contributed by atoms with Gasteiger partial charge in [0.05, 0.1) is 50.7 Å². The molecule has 0 aliphatic heterocycles. The van der Waals surface area contributed by atoms with Crippen molar-refractivity contribution in [3.8, 4) is 0 Å². The van der Waals surface area contributed by atoms with Crippen LogP contribution in [0.1, 0.15) is 31.1 Å². The molecule has 0 radical (unpaired) electrons. The zero-order valence-corrected chi connectivity index (χ0v) is 12.9. The number of aliphatic hydroxyl groups excluding tert-OH is 1. The van der Waals surface area contributed by atoms with Gasteiger partial charge in [0, 0.05) is 0 Å². The number of methoxy groups -OCH3 is 2. The number of hydrogen-bond acceptors (Lipinski definition) is 8. The lowest BCUT2D eigenvalue weighted by molar-refractivity contribution is 0.0254. The molecule has 0 spiro atoms. The van der Waals surface area contributed by atoms with Gasteiger partial charge in [0.2, 0.25) is 0 Å². The topological polar surface area (TPSA) is 108 Å². The lowest BCUT2D eigenvalue weighted by Gasteiger charge is -2.10. The van der Waals surface area contributed by atoms with Crippen LogP contribution in [0.2, 0.25) is 0 Å². The van der Waals surface area contributed by atoms with E-state index in [9.17, 15) is 14.4 Å². The van der Waals surface area contributed by atoms with Crippen LogP contribution in [-0.2, 0) is 18.9 Å². The molecule has 0 fully saturated rings. The summed E-state index contributed by atoms with van der Waals surface area (Å²) in [7, 11) is 2.38. The van der Waals surface area contributed by atoms with Crippen LogP contribution in [0, 0.1) is 0 Å². The van der Waals surface area contributed by atoms with Crippen molar-refractivity contribution >= 4 is 17.9 Å². The van der Waals surface area contributed by atoms with Crippen LogP contribution in [0.4, 0.5) is 0 Å². The zero-order chi connectivity index (χ0) is 17.2. The summed E-state index contributed by atoms with van der Waals surface area (Å²) >= 11 is 0. The van der Waals surface area contributed by atoms with Gasteiger partial charge in [-0.2, -0.15) is 0 Å². The molecular formula is C15H18O8. The largest absolute Gasteiger partial charge is 0.465 e. The van der Waals surface area contributed by atoms with Gasteiger partial charge in [0.25, 0.3) is 0 Å². The zero-order valence-electron chi connectivity index (χ0n) is 12.9. The lowest BCUT2D eigenvalue weighted by Crippen LogP contribution is -2.17. The minimum absolute atomic E-state index is 0.0265. The fourth-order valence-electron chi connectivity index (χ4n) is 1.68. The smallest absolute Gasteiger partial charge is 0.339 e. The van der Waals surface area contributed by atoms with Crippen LogP contribution >= 0.6 is 0 Å². The van der Waals surface area contributed by atoms with Gasteiger partial charge in [-0.25, -0.2) is 14.4 Å². The number of rotatable bonds is 8. The number of carbonyl (C=O) groups is 3. The van der Waals surface area contributed by atoms with E-state index in [1.54, 1.807) is 0 Å². The maximum absolute atomic E-state index is 12.1. The van der Waals surface area contributed by atoms with Gasteiger partial charge in [-0.05, 0) is 18.2 Å². The van der Waals surface area contributed by atoms with Crippen molar-refractivity contribution in [1.29, 1.82) is 0 Å². The monoisotopic (exact) mass is 326 g/mol. The van der Waals surface area contributed by atoms with Gasteiger partial charge < -0.3 is 24.1 Å². The molecule has 0 heterocycles. The predicted octanol–water partition coefficient (Wildman–Crippen LogP) is 0.426. The van der Waals surface area contributed by atoms with Crippen molar-refractivity contribution in [3.05, 3.63) is 34.9 Å². The molecule has 1 N–H and O–H groups in total. The third-order valence-corrected chi connectivity index (χ3v) is 2.76. The molecule has 1 aromatic rings. The average Bonchev–Trinajstić information content (AvgIpc) is 2.59. The summed E-state index contributed by atoms with van der Waals surface area (Å²) in [5.74, 6) is -2.18. The molecule has 0 bridgehead atoms. The summed E-state index contributed by atoms with van der Waals surface area (Å²) in [6.07, 6.45) is 0. The highest BCUT2D eigenvalue weighted by atomic mass is 16.6. The van der Waals surface area contributed by atoms with E-state index >= 15 is 0 Å². The van der Waals surface area contributed by atoms with E-state index in [1.807, 2.05) is 0 Å². The molecule has 0 unspecified atom stereocenters. The van der Waals surface area contributed by atoms with Gasteiger partial charge in [0.15, 0.2) is 0 Å². The summed E-state index contributed by atoms with van der Waals surface area (Å²) in [4.78, 5) is 35.3. The molecule has 0 atom stereocenters. The van der Waals surface area contributed by atoms with Crippen LogP contribution in [0.25, 0.3) is 0 Å². The first-order valence-electron chi connectivity index (χ1n) is 6.71. The molecule has 8 nitrogen and oxygen atoms in total. The number of aliphatic hydroxyl groups is 1. The summed E-state index contributed by atoms with van der Waals surface area (Å²) in [6.45, 7) is 0.0167. The normalized spacial score (nSPS) is 10.0. The van der Waals surface area contributed by atoms with Gasteiger partial charge >= 0.3 is 17.9 Å². The third kappa shape index (κ3) is 5.35. The molecule has 23 heavy (non-hydrogen) atoms. The second kappa shape index (κ2) is 9.54. The standard InChI is InChI=1S/C15H18O8/c1-20-13(17)10-3-4-11(14(18)21-2)12(9-10)15(19)23-8-7-22-6-5-16/h3-4,9,16H,5-8H2,1-2H3. The van der Waals surface area contributed by atoms with Gasteiger partial charge in [-0.3, -0.25) is 0 Å². The van der Waals surface area contributed by atoms with E-state index in [2.05, 4.69) is 9.47 Å². The molecule has 0 aromatic heterocycles. The Hall–Kier alpha value is -2.45. The van der Waals surface area contributed by atoms with E-state index in [4.69, 9.17) is 14.6 Å². The number of benzene rings is 1. The second-order valence-corrected chi connectivity index (χ2v) is 4.22. The maximum atomic E-state index is 12.1. The molecule has 0 saturated heterocycles. The SMILES string of the molecule is COC(=O)c1ccc(C(=O)OC)c(C(=O)OCCOCCO)c1. The van der Waals surface area contributed by atoms with E-state index < -0.39 is 17.9 Å². The Balaban J connectivity index is 2.92. The minimum atomic E-state index is -0.802. The first kappa shape index (κ1) is 18.6. The molecular weight excluding hydrogens is 308 g/mol. The van der Waals surface area contributed by atoms with Crippen molar-refractivity contribution < 1.29 is 38.4 Å². The second-order valence-electron chi connectivity index (χ2n) is 4.22. The minimum Gasteiger partial charge on any atom is -0.465 e. The van der Waals surface area contributed by atoms with Crippen LogP contribution < -0.4 is 0 Å². The first-order valence-corrected chi connectivity index (χ1v) is 6.71. The van der Waals surface area contributed by atoms with E-state index in [-0.39, 0.29) is 43.1 Å². The van der Waals surface area contributed by atoms with Crippen molar-refractivity contribution in [3.63, 3.8) is 0 Å². The first-order chi connectivity index (χ1) is 11.0. The van der Waals surface area contributed by atoms with E-state index in [1.165, 1.54) is 32.4 Å². The summed E-state index contributed by atoms with van der Waals surface area (Å²) in [5.41, 5.74) is -0.0352. The number of carbonyl (C=O) groups excluding carboxylic acids is 3. The van der Waals surface area contributed by atoms with Gasteiger partial charge in [-0.1, -0.05) is 0 Å². The van der Waals surface area contributed by atoms with Crippen LogP contribution in [0.5, 0.6) is 0 Å². The van der Waals surface area contributed by atoms with Crippen molar-refractivity contribution in [2.75, 3.05) is 40.6 Å². The van der Waals surface area contributed by atoms with Crippen LogP contribution in [0.3, 0.4) is 0 Å². The number of ether oxygens (including phenoxy) is 4. The Morgan fingerprint density at radius 2 is 1.61 bits per heavy atom. The summed E-state index contributed by atoms with van der Waals surface area (Å²) in [6, 6.07) is 3.84. The average molecular weight is 326 g/mol. The highest BCUT2D eigenvalue weighted by molar-refractivity contribution is 6.05. The van der Waals surface area contributed by atoms with Crippen LogP contribution in [-0.4, -0.2) is 63.7 Å². The van der Waals surface area contributed by atoms with Crippen molar-refractivity contribution in [2.24, 2.45) is 0 Å². The van der Waals surface area contributed by atoms with Gasteiger partial charge in [0.1, 0.15) is 6.61 Å². The van der Waals surface area contributed by atoms with Crippen LogP contribution in [0.15, 0.2) is 18.2 Å². The molecule has 1 rings (SSSR count). The molecule has 0 amide bonds. The molecule has 126 valence electrons.